The number of pyridine rings is 1. The molecule has 7 heteroatoms. The smallest absolute Gasteiger partial charge is 0.287 e. The van der Waals surface area contributed by atoms with Crippen LogP contribution in [0.3, 0.4) is 0 Å². The third-order valence-electron chi connectivity index (χ3n) is 5.53. The largest absolute Gasteiger partial charge is 0.497 e. The van der Waals surface area contributed by atoms with Crippen molar-refractivity contribution in [3.8, 4) is 5.75 Å². The van der Waals surface area contributed by atoms with Crippen molar-refractivity contribution < 1.29 is 18.7 Å². The Morgan fingerprint density at radius 2 is 1.90 bits per heavy atom. The second-order valence-corrected chi connectivity index (χ2v) is 7.63. The molecule has 2 aromatic heterocycles. The number of hydrogen-bond acceptors (Lipinski definition) is 5. The van der Waals surface area contributed by atoms with Gasteiger partial charge in [0.15, 0.2) is 5.76 Å². The molecule has 0 radical (unpaired) electrons. The van der Waals surface area contributed by atoms with Gasteiger partial charge in [-0.15, -0.1) is 0 Å². The molecule has 1 aliphatic heterocycles. The van der Waals surface area contributed by atoms with Crippen molar-refractivity contribution in [1.29, 1.82) is 0 Å². The van der Waals surface area contributed by atoms with E-state index in [4.69, 9.17) is 9.15 Å². The van der Waals surface area contributed by atoms with Crippen LogP contribution in [-0.4, -0.2) is 47.9 Å². The quantitative estimate of drug-likeness (QED) is 0.716. The number of piperidine rings is 1. The molecule has 1 saturated heterocycles. The first kappa shape index (κ1) is 19.9. The van der Waals surface area contributed by atoms with Gasteiger partial charge in [0.2, 0.25) is 0 Å². The van der Waals surface area contributed by atoms with Crippen molar-refractivity contribution in [2.45, 2.75) is 32.7 Å². The van der Waals surface area contributed by atoms with Crippen molar-refractivity contribution in [1.82, 2.24) is 15.2 Å². The van der Waals surface area contributed by atoms with Crippen LogP contribution in [0.2, 0.25) is 0 Å². The van der Waals surface area contributed by atoms with Crippen LogP contribution in [0.25, 0.3) is 10.9 Å². The number of aryl methyl sites for hydroxylation is 2. The Balaban J connectivity index is 1.41. The molecule has 0 aliphatic carbocycles. The first-order valence-corrected chi connectivity index (χ1v) is 10.1. The Labute approximate surface area is 175 Å². The average molecular weight is 407 g/mol. The molecular weight excluding hydrogens is 382 g/mol. The summed E-state index contributed by atoms with van der Waals surface area (Å²) in [7, 11) is 1.62. The molecule has 1 N–H and O–H groups in total. The minimum Gasteiger partial charge on any atom is -0.497 e. The Hall–Kier alpha value is -3.35. The zero-order chi connectivity index (χ0) is 21.3. The first-order chi connectivity index (χ1) is 14.4. The number of nitrogens with zero attached hydrogens (tertiary/aromatic N) is 2. The van der Waals surface area contributed by atoms with Gasteiger partial charge in [0.1, 0.15) is 11.5 Å². The molecule has 1 aliphatic rings. The van der Waals surface area contributed by atoms with E-state index in [0.717, 1.165) is 16.7 Å². The van der Waals surface area contributed by atoms with Crippen LogP contribution in [0.4, 0.5) is 0 Å². The van der Waals surface area contributed by atoms with E-state index in [1.165, 1.54) is 0 Å². The fourth-order valence-corrected chi connectivity index (χ4v) is 3.80. The summed E-state index contributed by atoms with van der Waals surface area (Å²) in [6.07, 6.45) is 1.41. The number of ether oxygens (including phenoxy) is 1. The molecule has 0 atom stereocenters. The van der Waals surface area contributed by atoms with E-state index in [1.807, 2.05) is 36.1 Å². The third kappa shape index (κ3) is 4.01. The van der Waals surface area contributed by atoms with Gasteiger partial charge >= 0.3 is 0 Å². The molecule has 2 amide bonds. The maximum absolute atomic E-state index is 13.1. The number of benzene rings is 1. The molecule has 0 saturated carbocycles. The predicted molar refractivity (Wildman–Crippen MR) is 113 cm³/mol. The number of furan rings is 1. The van der Waals surface area contributed by atoms with E-state index < -0.39 is 0 Å². The Morgan fingerprint density at radius 3 is 2.57 bits per heavy atom. The van der Waals surface area contributed by atoms with Gasteiger partial charge in [0.05, 0.1) is 23.9 Å². The van der Waals surface area contributed by atoms with E-state index in [-0.39, 0.29) is 17.9 Å². The molecule has 1 fully saturated rings. The van der Waals surface area contributed by atoms with E-state index in [0.29, 0.717) is 48.7 Å². The Kier molecular flexibility index (Phi) is 5.44. The van der Waals surface area contributed by atoms with Crippen LogP contribution in [-0.2, 0) is 0 Å². The zero-order valence-corrected chi connectivity index (χ0v) is 17.4. The van der Waals surface area contributed by atoms with Crippen molar-refractivity contribution in [2.75, 3.05) is 20.2 Å². The molecule has 0 unspecified atom stereocenters. The van der Waals surface area contributed by atoms with Gasteiger partial charge in [0, 0.05) is 30.6 Å². The lowest BCUT2D eigenvalue weighted by molar-refractivity contribution is 0.0694. The summed E-state index contributed by atoms with van der Waals surface area (Å²) in [4.78, 5) is 31.8. The van der Waals surface area contributed by atoms with Gasteiger partial charge in [-0.1, -0.05) is 0 Å². The molecule has 3 aromatic rings. The maximum atomic E-state index is 13.1. The third-order valence-corrected chi connectivity index (χ3v) is 5.53. The van der Waals surface area contributed by atoms with E-state index >= 15 is 0 Å². The average Bonchev–Trinajstić information content (AvgIpc) is 3.19. The highest BCUT2D eigenvalue weighted by Gasteiger charge is 2.26. The highest BCUT2D eigenvalue weighted by atomic mass is 16.5. The molecule has 156 valence electrons. The van der Waals surface area contributed by atoms with Crippen LogP contribution in [0.5, 0.6) is 5.75 Å². The molecule has 0 bridgehead atoms. The number of rotatable bonds is 4. The summed E-state index contributed by atoms with van der Waals surface area (Å²) in [6.45, 7) is 4.83. The first-order valence-electron chi connectivity index (χ1n) is 10.1. The van der Waals surface area contributed by atoms with E-state index in [2.05, 4.69) is 10.3 Å². The predicted octanol–water partition coefficient (Wildman–Crippen LogP) is 3.49. The molecular formula is C23H25N3O4. The SMILES string of the molecule is COc1ccc2cc(C(=O)N3CCC(NC(=O)c4ccc(C)o4)CC3)c(C)nc2c1. The van der Waals surface area contributed by atoms with Crippen molar-refractivity contribution in [3.63, 3.8) is 0 Å². The lowest BCUT2D eigenvalue weighted by Crippen LogP contribution is -2.46. The number of nitrogens with one attached hydrogen (secondary N) is 1. The van der Waals surface area contributed by atoms with Crippen LogP contribution in [0, 0.1) is 13.8 Å². The molecule has 0 spiro atoms. The summed E-state index contributed by atoms with van der Waals surface area (Å²) in [5.74, 6) is 1.53. The van der Waals surface area contributed by atoms with Gasteiger partial charge in [-0.05, 0) is 57.0 Å². The summed E-state index contributed by atoms with van der Waals surface area (Å²) in [6, 6.07) is 11.0. The number of carbonyl (C=O) groups is 2. The molecule has 4 rings (SSSR count). The lowest BCUT2D eigenvalue weighted by Gasteiger charge is -2.32. The summed E-state index contributed by atoms with van der Waals surface area (Å²) < 4.78 is 10.6. The van der Waals surface area contributed by atoms with Crippen LogP contribution < -0.4 is 10.1 Å². The number of fused-ring (bicyclic) bond motifs is 1. The second-order valence-electron chi connectivity index (χ2n) is 7.63. The van der Waals surface area contributed by atoms with Crippen LogP contribution >= 0.6 is 0 Å². The highest BCUT2D eigenvalue weighted by Crippen LogP contribution is 2.23. The number of carbonyl (C=O) groups excluding carboxylic acids is 2. The summed E-state index contributed by atoms with van der Waals surface area (Å²) >= 11 is 0. The number of methoxy groups -OCH3 is 1. The molecule has 30 heavy (non-hydrogen) atoms. The Bertz CT molecular complexity index is 1100. The van der Waals surface area contributed by atoms with Gasteiger partial charge < -0.3 is 19.4 Å². The van der Waals surface area contributed by atoms with Crippen LogP contribution in [0.15, 0.2) is 40.8 Å². The van der Waals surface area contributed by atoms with E-state index in [9.17, 15) is 9.59 Å². The fraction of sp³-hybridized carbons (Fsp3) is 0.348. The van der Waals surface area contributed by atoms with Crippen molar-refractivity contribution in [2.24, 2.45) is 0 Å². The monoisotopic (exact) mass is 407 g/mol. The van der Waals surface area contributed by atoms with Crippen LogP contribution in [0.1, 0.15) is 45.2 Å². The van der Waals surface area contributed by atoms with Crippen molar-refractivity contribution >= 4 is 22.7 Å². The number of hydrogen-bond donors (Lipinski definition) is 1. The normalized spacial score (nSPS) is 14.7. The highest BCUT2D eigenvalue weighted by molar-refractivity contribution is 5.99. The topological polar surface area (TPSA) is 84.7 Å². The van der Waals surface area contributed by atoms with Gasteiger partial charge in [-0.2, -0.15) is 0 Å². The zero-order valence-electron chi connectivity index (χ0n) is 17.4. The summed E-state index contributed by atoms with van der Waals surface area (Å²) in [5, 5.41) is 3.90. The number of likely N-dealkylation sites (tertiary alicyclic amines) is 1. The fourth-order valence-electron chi connectivity index (χ4n) is 3.80. The standard InChI is InChI=1S/C23H25N3O4/c1-14-4-7-21(30-14)22(27)25-17-8-10-26(11-9-17)23(28)19-12-16-5-6-18(29-3)13-20(16)24-15(19)2/h4-7,12-13,17H,8-11H2,1-3H3,(H,25,27). The Morgan fingerprint density at radius 1 is 1.13 bits per heavy atom. The van der Waals surface area contributed by atoms with Crippen molar-refractivity contribution in [3.05, 3.63) is 59.2 Å². The van der Waals surface area contributed by atoms with E-state index in [1.54, 1.807) is 26.2 Å². The molecule has 7 nitrogen and oxygen atoms in total. The summed E-state index contributed by atoms with van der Waals surface area (Å²) in [5.41, 5.74) is 2.11. The van der Waals surface area contributed by atoms with Gasteiger partial charge in [-0.3, -0.25) is 14.6 Å². The number of amides is 2. The minimum atomic E-state index is -0.210. The molecule has 3 heterocycles. The second kappa shape index (κ2) is 8.18. The lowest BCUT2D eigenvalue weighted by atomic mass is 10.0. The maximum Gasteiger partial charge on any atom is 0.287 e. The number of aromatic nitrogens is 1. The molecule has 1 aromatic carbocycles. The van der Waals surface area contributed by atoms with Gasteiger partial charge in [0.25, 0.3) is 11.8 Å². The van der Waals surface area contributed by atoms with Gasteiger partial charge in [-0.25, -0.2) is 0 Å². The minimum absolute atomic E-state index is 0.0234.